The van der Waals surface area contributed by atoms with Crippen molar-refractivity contribution in [2.45, 2.75) is 25.5 Å². The summed E-state index contributed by atoms with van der Waals surface area (Å²) < 4.78 is 4.09. The summed E-state index contributed by atoms with van der Waals surface area (Å²) in [7, 11) is 0. The molecule has 9 heteroatoms. The van der Waals surface area contributed by atoms with Gasteiger partial charge in [0.2, 0.25) is 0 Å². The van der Waals surface area contributed by atoms with Gasteiger partial charge in [-0.05, 0) is 37.6 Å². The van der Waals surface area contributed by atoms with Gasteiger partial charge < -0.3 is 0 Å². The smallest absolute Gasteiger partial charge is 0.193 e. The van der Waals surface area contributed by atoms with Crippen molar-refractivity contribution in [1.82, 2.24) is 29.3 Å². The first-order chi connectivity index (χ1) is 16.6. The number of aromatic nitrogens is 6. The Hall–Kier alpha value is -3.56. The number of thiazole rings is 1. The zero-order valence-corrected chi connectivity index (χ0v) is 20.4. The summed E-state index contributed by atoms with van der Waals surface area (Å²) in [6, 6.07) is 15.9. The Morgan fingerprint density at radius 2 is 1.82 bits per heavy atom. The lowest BCUT2D eigenvalue weighted by atomic mass is 10.2. The number of rotatable bonds is 8. The van der Waals surface area contributed by atoms with Crippen LogP contribution in [0.25, 0.3) is 16.5 Å². The maximum absolute atomic E-state index is 13.2. The summed E-state index contributed by atoms with van der Waals surface area (Å²) in [6.07, 6.45) is 5.26. The van der Waals surface area contributed by atoms with Crippen molar-refractivity contribution in [3.05, 3.63) is 95.0 Å². The molecule has 0 spiro atoms. The van der Waals surface area contributed by atoms with E-state index in [0.29, 0.717) is 17.3 Å². The van der Waals surface area contributed by atoms with Crippen molar-refractivity contribution < 1.29 is 4.79 Å². The Kier molecular flexibility index (Phi) is 6.37. The number of thioether (sulfide) groups is 1. The third-order valence-electron chi connectivity index (χ3n) is 5.51. The molecule has 0 unspecified atom stereocenters. The summed E-state index contributed by atoms with van der Waals surface area (Å²) in [5, 5.41) is 12.4. The zero-order chi connectivity index (χ0) is 23.5. The molecule has 0 amide bonds. The predicted octanol–water partition coefficient (Wildman–Crippen LogP) is 5.23. The van der Waals surface area contributed by atoms with E-state index in [2.05, 4.69) is 36.9 Å². The molecule has 5 rings (SSSR count). The number of pyridine rings is 1. The Morgan fingerprint density at radius 1 is 1.03 bits per heavy atom. The van der Waals surface area contributed by atoms with Crippen LogP contribution in [0.1, 0.15) is 27.3 Å². The van der Waals surface area contributed by atoms with Crippen LogP contribution in [0.15, 0.2) is 77.7 Å². The van der Waals surface area contributed by atoms with Gasteiger partial charge in [-0.15, -0.1) is 21.5 Å². The molecule has 0 fully saturated rings. The first-order valence-electron chi connectivity index (χ1n) is 10.7. The summed E-state index contributed by atoms with van der Waals surface area (Å²) in [4.78, 5) is 21.7. The van der Waals surface area contributed by atoms with E-state index >= 15 is 0 Å². The van der Waals surface area contributed by atoms with E-state index in [1.54, 1.807) is 29.9 Å². The first-order valence-corrected chi connectivity index (χ1v) is 12.6. The van der Waals surface area contributed by atoms with E-state index in [9.17, 15) is 4.79 Å². The largest absolute Gasteiger partial charge is 0.298 e. The number of Topliss-reactive ketones (excluding diaryl/α,β-unsaturated/α-hetero) is 1. The van der Waals surface area contributed by atoms with E-state index in [1.807, 2.05) is 60.2 Å². The highest BCUT2D eigenvalue weighted by atomic mass is 32.2. The van der Waals surface area contributed by atoms with Gasteiger partial charge in [0.25, 0.3) is 0 Å². The van der Waals surface area contributed by atoms with Gasteiger partial charge in [0.05, 0.1) is 12.3 Å². The number of hydrogen-bond acceptors (Lipinski definition) is 7. The number of hydrogen-bond donors (Lipinski definition) is 0. The number of carbonyl (C=O) groups excluding carboxylic acids is 1. The average molecular weight is 487 g/mol. The van der Waals surface area contributed by atoms with Crippen LogP contribution < -0.4 is 0 Å². The summed E-state index contributed by atoms with van der Waals surface area (Å²) >= 11 is 2.96. The second-order valence-corrected chi connectivity index (χ2v) is 9.58. The van der Waals surface area contributed by atoms with Crippen LogP contribution in [-0.2, 0) is 6.54 Å². The summed E-state index contributed by atoms with van der Waals surface area (Å²) in [5.74, 6) is 1.08. The molecule has 34 heavy (non-hydrogen) atoms. The monoisotopic (exact) mass is 486 g/mol. The van der Waals surface area contributed by atoms with Gasteiger partial charge in [0, 0.05) is 46.5 Å². The molecular weight excluding hydrogens is 464 g/mol. The molecule has 0 aliphatic carbocycles. The van der Waals surface area contributed by atoms with Crippen molar-refractivity contribution in [3.63, 3.8) is 0 Å². The van der Waals surface area contributed by atoms with Crippen LogP contribution in [0.3, 0.4) is 0 Å². The Bertz CT molecular complexity index is 1410. The Balaban J connectivity index is 1.41. The second kappa shape index (κ2) is 9.74. The van der Waals surface area contributed by atoms with Gasteiger partial charge in [0.1, 0.15) is 0 Å². The zero-order valence-electron chi connectivity index (χ0n) is 18.8. The lowest BCUT2D eigenvalue weighted by molar-refractivity contribution is 0.102. The van der Waals surface area contributed by atoms with Crippen LogP contribution in [0.2, 0.25) is 0 Å². The highest BCUT2D eigenvalue weighted by Crippen LogP contribution is 2.27. The molecule has 1 aromatic carbocycles. The minimum atomic E-state index is 0.0561. The van der Waals surface area contributed by atoms with Crippen LogP contribution in [-0.4, -0.2) is 40.8 Å². The Labute approximate surface area is 205 Å². The lowest BCUT2D eigenvalue weighted by Crippen LogP contribution is -2.08. The summed E-state index contributed by atoms with van der Waals surface area (Å²) in [6.45, 7) is 4.57. The summed E-state index contributed by atoms with van der Waals surface area (Å²) in [5.41, 5.74) is 4.68. The molecule has 0 saturated carbocycles. The van der Waals surface area contributed by atoms with Crippen molar-refractivity contribution in [1.29, 1.82) is 0 Å². The molecule has 7 nitrogen and oxygen atoms in total. The van der Waals surface area contributed by atoms with Crippen LogP contribution in [0, 0.1) is 13.8 Å². The van der Waals surface area contributed by atoms with E-state index < -0.39 is 0 Å². The van der Waals surface area contributed by atoms with Crippen molar-refractivity contribution in [2.24, 2.45) is 0 Å². The Morgan fingerprint density at radius 3 is 2.56 bits per heavy atom. The van der Waals surface area contributed by atoms with Gasteiger partial charge in [-0.3, -0.25) is 18.9 Å². The van der Waals surface area contributed by atoms with Crippen molar-refractivity contribution in [3.8, 4) is 16.5 Å². The number of carbonyl (C=O) groups is 1. The van der Waals surface area contributed by atoms with Gasteiger partial charge in [-0.2, -0.15) is 0 Å². The average Bonchev–Trinajstić information content (AvgIpc) is 3.58. The molecule has 5 aromatic rings. The third kappa shape index (κ3) is 4.44. The van der Waals surface area contributed by atoms with Crippen molar-refractivity contribution in [2.75, 3.05) is 5.75 Å². The van der Waals surface area contributed by atoms with Gasteiger partial charge in [-0.1, -0.05) is 42.1 Å². The molecule has 0 radical (unpaired) electrons. The standard InChI is InChI=1S/C25H22N6OS2/c1-17-14-21(18(2)31(17)24-27-12-13-33-24)22(32)16-34-25-29-28-23(20-8-10-26-11-9-20)30(25)15-19-6-4-3-5-7-19/h3-14H,15-16H2,1-2H3. The fourth-order valence-electron chi connectivity index (χ4n) is 3.89. The molecule has 4 heterocycles. The highest BCUT2D eigenvalue weighted by Gasteiger charge is 2.20. The van der Waals surface area contributed by atoms with Crippen LogP contribution in [0.4, 0.5) is 0 Å². The molecule has 0 atom stereocenters. The van der Waals surface area contributed by atoms with Crippen LogP contribution in [0.5, 0.6) is 0 Å². The normalized spacial score (nSPS) is 11.1. The molecular formula is C25H22N6OS2. The molecule has 170 valence electrons. The molecule has 0 aliphatic heterocycles. The molecule has 0 N–H and O–H groups in total. The SMILES string of the molecule is Cc1cc(C(=O)CSc2nnc(-c3ccncc3)n2Cc2ccccc2)c(C)n1-c1nccs1. The van der Waals surface area contributed by atoms with Gasteiger partial charge in [-0.25, -0.2) is 4.98 Å². The minimum absolute atomic E-state index is 0.0561. The highest BCUT2D eigenvalue weighted by molar-refractivity contribution is 7.99. The third-order valence-corrected chi connectivity index (χ3v) is 7.24. The topological polar surface area (TPSA) is 78.5 Å². The van der Waals surface area contributed by atoms with E-state index in [0.717, 1.165) is 33.5 Å². The van der Waals surface area contributed by atoms with E-state index in [4.69, 9.17) is 0 Å². The molecule has 0 aliphatic rings. The molecule has 0 saturated heterocycles. The minimum Gasteiger partial charge on any atom is -0.298 e. The van der Waals surface area contributed by atoms with Gasteiger partial charge >= 0.3 is 0 Å². The number of aryl methyl sites for hydroxylation is 1. The predicted molar refractivity (Wildman–Crippen MR) is 135 cm³/mol. The number of benzene rings is 1. The maximum atomic E-state index is 13.2. The quantitative estimate of drug-likeness (QED) is 0.221. The fourth-order valence-corrected chi connectivity index (χ4v) is 5.46. The van der Waals surface area contributed by atoms with Crippen LogP contribution >= 0.6 is 23.1 Å². The first kappa shape index (κ1) is 22.2. The molecule has 0 bridgehead atoms. The number of nitrogens with zero attached hydrogens (tertiary/aromatic N) is 6. The number of ketones is 1. The lowest BCUT2D eigenvalue weighted by Gasteiger charge is -2.10. The van der Waals surface area contributed by atoms with Crippen molar-refractivity contribution >= 4 is 28.9 Å². The fraction of sp³-hybridized carbons (Fsp3) is 0.160. The van der Waals surface area contributed by atoms with Gasteiger partial charge in [0.15, 0.2) is 21.9 Å². The molecule has 4 aromatic heterocycles. The second-order valence-electron chi connectivity index (χ2n) is 7.76. The van der Waals surface area contributed by atoms with E-state index in [1.165, 1.54) is 11.8 Å². The van der Waals surface area contributed by atoms with E-state index in [-0.39, 0.29) is 11.5 Å². The maximum Gasteiger partial charge on any atom is 0.193 e.